The maximum absolute atomic E-state index is 12.5. The Labute approximate surface area is 474 Å². The Morgan fingerprint density at radius 1 is 0.368 bits per heavy atom. The van der Waals surface area contributed by atoms with E-state index in [4.69, 9.17) is 4.74 Å². The first kappa shape index (κ1) is 74.1. The number of carbonyl (C=O) groups excluding carboxylic acids is 2. The van der Waals surface area contributed by atoms with E-state index in [1.54, 1.807) is 6.08 Å². The van der Waals surface area contributed by atoms with Crippen LogP contribution in [0.3, 0.4) is 0 Å². The highest BCUT2D eigenvalue weighted by Gasteiger charge is 2.18. The summed E-state index contributed by atoms with van der Waals surface area (Å²) < 4.78 is 5.50. The number of hydrogen-bond acceptors (Lipinski definition) is 5. The van der Waals surface area contributed by atoms with E-state index in [2.05, 4.69) is 43.5 Å². The Morgan fingerprint density at radius 3 is 1.00 bits per heavy atom. The van der Waals surface area contributed by atoms with Crippen LogP contribution in [0.2, 0.25) is 0 Å². The van der Waals surface area contributed by atoms with Crippen molar-refractivity contribution in [2.75, 3.05) is 13.2 Å². The van der Waals surface area contributed by atoms with Crippen LogP contribution in [0.4, 0.5) is 0 Å². The van der Waals surface area contributed by atoms with Crippen molar-refractivity contribution in [3.05, 3.63) is 36.5 Å². The first-order valence-electron chi connectivity index (χ1n) is 34.3. The predicted molar refractivity (Wildman–Crippen MR) is 333 cm³/mol. The number of aliphatic hydroxyl groups is 2. The molecule has 0 saturated carbocycles. The number of ether oxygens (including phenoxy) is 1. The maximum atomic E-state index is 12.5. The Balaban J connectivity index is 3.42. The summed E-state index contributed by atoms with van der Waals surface area (Å²) in [5.74, 6) is -0.0588. The average molecular weight is 1070 g/mol. The van der Waals surface area contributed by atoms with Gasteiger partial charge in [0, 0.05) is 12.8 Å². The van der Waals surface area contributed by atoms with Crippen LogP contribution in [0.5, 0.6) is 0 Å². The zero-order valence-corrected chi connectivity index (χ0v) is 51.3. The fraction of sp³-hybridized carbons (Fsp3) is 0.886. The minimum absolute atomic E-state index is 0.0137. The third-order valence-electron chi connectivity index (χ3n) is 15.9. The number of hydrogen-bond donors (Lipinski definition) is 3. The number of allylic oxidation sites excluding steroid dienone is 5. The third-order valence-corrected chi connectivity index (χ3v) is 15.9. The fourth-order valence-corrected chi connectivity index (χ4v) is 10.7. The highest BCUT2D eigenvalue weighted by atomic mass is 16.5. The Bertz CT molecular complexity index is 1230. The molecular formula is C70H133NO5. The van der Waals surface area contributed by atoms with Crippen molar-refractivity contribution in [3.63, 3.8) is 0 Å². The van der Waals surface area contributed by atoms with Crippen molar-refractivity contribution < 1.29 is 24.5 Å². The fourth-order valence-electron chi connectivity index (χ4n) is 10.7. The predicted octanol–water partition coefficient (Wildman–Crippen LogP) is 21.9. The summed E-state index contributed by atoms with van der Waals surface area (Å²) in [6.07, 6.45) is 83.5. The van der Waals surface area contributed by atoms with Crippen LogP contribution >= 0.6 is 0 Å². The van der Waals surface area contributed by atoms with Crippen molar-refractivity contribution in [1.82, 2.24) is 5.32 Å². The van der Waals surface area contributed by atoms with Crippen LogP contribution in [0.15, 0.2) is 36.5 Å². The zero-order chi connectivity index (χ0) is 55.0. The SMILES string of the molecule is CCCCCCCCCCCCCCC/C=C/C(O)C(CO)NC(=O)CCCCCCCCCCC/C=C\C/C=C\CCCCCCCCCCCOC(=O)CCCCCCCCCCCCCCCCCCCCC. The number of rotatable bonds is 64. The quantitative estimate of drug-likeness (QED) is 0.0320. The maximum Gasteiger partial charge on any atom is 0.305 e. The topological polar surface area (TPSA) is 95.9 Å². The molecule has 0 aromatic heterocycles. The van der Waals surface area contributed by atoms with E-state index in [0.29, 0.717) is 19.4 Å². The molecule has 3 N–H and O–H groups in total. The second-order valence-corrected chi connectivity index (χ2v) is 23.5. The van der Waals surface area contributed by atoms with Gasteiger partial charge in [-0.25, -0.2) is 0 Å². The molecule has 0 aliphatic rings. The van der Waals surface area contributed by atoms with Gasteiger partial charge in [0.2, 0.25) is 5.91 Å². The van der Waals surface area contributed by atoms with E-state index in [0.717, 1.165) is 44.9 Å². The van der Waals surface area contributed by atoms with Gasteiger partial charge in [-0.05, 0) is 64.2 Å². The molecule has 0 spiro atoms. The van der Waals surface area contributed by atoms with E-state index < -0.39 is 12.1 Å². The molecule has 0 aromatic carbocycles. The van der Waals surface area contributed by atoms with Crippen molar-refractivity contribution in [2.45, 2.75) is 386 Å². The molecule has 76 heavy (non-hydrogen) atoms. The number of unbranched alkanes of at least 4 members (excludes halogenated alkanes) is 49. The minimum Gasteiger partial charge on any atom is -0.466 e. The summed E-state index contributed by atoms with van der Waals surface area (Å²) >= 11 is 0. The molecule has 1 amide bonds. The summed E-state index contributed by atoms with van der Waals surface area (Å²) in [7, 11) is 0. The van der Waals surface area contributed by atoms with E-state index >= 15 is 0 Å². The molecule has 0 aliphatic heterocycles. The van der Waals surface area contributed by atoms with Crippen molar-refractivity contribution in [3.8, 4) is 0 Å². The molecular weight excluding hydrogens is 935 g/mol. The van der Waals surface area contributed by atoms with Crippen molar-refractivity contribution >= 4 is 11.9 Å². The summed E-state index contributed by atoms with van der Waals surface area (Å²) in [5.41, 5.74) is 0. The molecule has 0 heterocycles. The van der Waals surface area contributed by atoms with Crippen molar-refractivity contribution in [2.24, 2.45) is 0 Å². The largest absolute Gasteiger partial charge is 0.466 e. The third kappa shape index (κ3) is 61.3. The van der Waals surface area contributed by atoms with Gasteiger partial charge in [-0.3, -0.25) is 9.59 Å². The first-order chi connectivity index (χ1) is 37.5. The van der Waals surface area contributed by atoms with Gasteiger partial charge in [-0.2, -0.15) is 0 Å². The Hall–Kier alpha value is -1.92. The van der Waals surface area contributed by atoms with Crippen LogP contribution in [-0.2, 0) is 14.3 Å². The molecule has 2 unspecified atom stereocenters. The molecule has 6 heteroatoms. The van der Waals surface area contributed by atoms with Gasteiger partial charge in [0.05, 0.1) is 25.4 Å². The van der Waals surface area contributed by atoms with Crippen LogP contribution in [0.25, 0.3) is 0 Å². The lowest BCUT2D eigenvalue weighted by molar-refractivity contribution is -0.143. The van der Waals surface area contributed by atoms with E-state index in [9.17, 15) is 19.8 Å². The van der Waals surface area contributed by atoms with Crippen molar-refractivity contribution in [1.29, 1.82) is 0 Å². The number of nitrogens with one attached hydrogen (secondary N) is 1. The lowest BCUT2D eigenvalue weighted by Gasteiger charge is -2.20. The zero-order valence-electron chi connectivity index (χ0n) is 51.3. The average Bonchev–Trinajstić information content (AvgIpc) is 3.42. The lowest BCUT2D eigenvalue weighted by atomic mass is 10.0. The van der Waals surface area contributed by atoms with Crippen LogP contribution in [0, 0.1) is 0 Å². The normalized spacial score (nSPS) is 12.7. The van der Waals surface area contributed by atoms with Gasteiger partial charge in [0.25, 0.3) is 0 Å². The van der Waals surface area contributed by atoms with E-state index in [-0.39, 0.29) is 18.5 Å². The first-order valence-corrected chi connectivity index (χ1v) is 34.3. The Kier molecular flexibility index (Phi) is 63.9. The number of esters is 1. The lowest BCUT2D eigenvalue weighted by Crippen LogP contribution is -2.45. The molecule has 448 valence electrons. The number of amides is 1. The highest BCUT2D eigenvalue weighted by molar-refractivity contribution is 5.76. The smallest absolute Gasteiger partial charge is 0.305 e. The second kappa shape index (κ2) is 65.6. The van der Waals surface area contributed by atoms with Gasteiger partial charge in [0.1, 0.15) is 0 Å². The minimum atomic E-state index is -0.849. The molecule has 2 atom stereocenters. The Morgan fingerprint density at radius 2 is 0.658 bits per heavy atom. The van der Waals surface area contributed by atoms with Crippen LogP contribution in [-0.4, -0.2) is 47.4 Å². The van der Waals surface area contributed by atoms with Gasteiger partial charge in [0.15, 0.2) is 0 Å². The van der Waals surface area contributed by atoms with E-state index in [1.165, 1.54) is 302 Å². The standard InChI is InChI=1S/C70H133NO5/c1-3-5-7-9-11-13-15-17-19-20-28-32-36-40-44-48-52-56-60-64-70(75)76-65-61-57-53-49-45-41-37-33-30-27-25-23-21-22-24-26-29-31-35-39-43-47-51-55-59-63-69(74)71-67(66-72)68(73)62-58-54-50-46-42-38-34-18-16-14-12-10-8-6-4-2/h22-25,58,62,67-68,72-73H,3-21,26-57,59-61,63-66H2,1-2H3,(H,71,74)/b24-22-,25-23-,62-58+. The summed E-state index contributed by atoms with van der Waals surface area (Å²) in [6.45, 7) is 4.93. The summed E-state index contributed by atoms with van der Waals surface area (Å²) in [4.78, 5) is 24.6. The molecule has 0 aliphatic carbocycles. The molecule has 0 saturated heterocycles. The molecule has 0 bridgehead atoms. The van der Waals surface area contributed by atoms with Gasteiger partial charge in [-0.1, -0.05) is 333 Å². The number of aliphatic hydroxyl groups excluding tert-OH is 2. The van der Waals surface area contributed by atoms with Gasteiger partial charge in [-0.15, -0.1) is 0 Å². The van der Waals surface area contributed by atoms with Crippen LogP contribution < -0.4 is 5.32 Å². The molecule has 0 rings (SSSR count). The number of carbonyl (C=O) groups is 2. The second-order valence-electron chi connectivity index (χ2n) is 23.5. The highest BCUT2D eigenvalue weighted by Crippen LogP contribution is 2.18. The molecule has 0 radical (unpaired) electrons. The van der Waals surface area contributed by atoms with Gasteiger partial charge >= 0.3 is 5.97 Å². The van der Waals surface area contributed by atoms with E-state index in [1.807, 2.05) is 6.08 Å². The summed E-state index contributed by atoms with van der Waals surface area (Å²) in [6, 6.07) is -0.633. The monoisotopic (exact) mass is 1070 g/mol. The van der Waals surface area contributed by atoms with Gasteiger partial charge < -0.3 is 20.3 Å². The van der Waals surface area contributed by atoms with Crippen LogP contribution in [0.1, 0.15) is 373 Å². The summed E-state index contributed by atoms with van der Waals surface area (Å²) in [5, 5.41) is 23.1. The molecule has 0 fully saturated rings. The molecule has 0 aromatic rings. The molecule has 6 nitrogen and oxygen atoms in total.